The average molecular weight is 340 g/mol. The van der Waals surface area contributed by atoms with E-state index >= 15 is 0 Å². The van der Waals surface area contributed by atoms with Crippen molar-refractivity contribution in [3.63, 3.8) is 0 Å². The van der Waals surface area contributed by atoms with Crippen molar-refractivity contribution in [2.24, 2.45) is 5.92 Å². The van der Waals surface area contributed by atoms with Gasteiger partial charge < -0.3 is 10.1 Å². The Balaban J connectivity index is 2.24. The zero-order valence-electron chi connectivity index (χ0n) is 12.1. The van der Waals surface area contributed by atoms with Gasteiger partial charge in [0, 0.05) is 10.2 Å². The van der Waals surface area contributed by atoms with Crippen LogP contribution in [0.3, 0.4) is 0 Å². The Morgan fingerprint density at radius 2 is 2.05 bits per heavy atom. The number of ether oxygens (including phenoxy) is 1. The number of methoxy groups -OCH3 is 1. The second-order valence-corrected chi connectivity index (χ2v) is 6.58. The lowest BCUT2D eigenvalue weighted by atomic mass is 9.75. The monoisotopic (exact) mass is 339 g/mol. The largest absolute Gasteiger partial charge is 0.467 e. The first-order valence-electron chi connectivity index (χ1n) is 7.18. The Morgan fingerprint density at radius 1 is 1.35 bits per heavy atom. The molecule has 110 valence electrons. The molecule has 0 bridgehead atoms. The van der Waals surface area contributed by atoms with Crippen LogP contribution >= 0.6 is 15.9 Å². The molecule has 3 nitrogen and oxygen atoms in total. The fourth-order valence-corrected chi connectivity index (χ4v) is 3.48. The first-order chi connectivity index (χ1) is 9.56. The Labute approximate surface area is 129 Å². The molecule has 0 saturated heterocycles. The molecule has 0 aromatic heterocycles. The fourth-order valence-electron chi connectivity index (χ4n) is 3.08. The lowest BCUT2D eigenvalue weighted by molar-refractivity contribution is -0.147. The molecule has 1 fully saturated rings. The lowest BCUT2D eigenvalue weighted by Gasteiger charge is -2.38. The van der Waals surface area contributed by atoms with Crippen LogP contribution in [0.1, 0.15) is 39.0 Å². The topological polar surface area (TPSA) is 38.3 Å². The van der Waals surface area contributed by atoms with Crippen LogP contribution in [0.4, 0.5) is 5.69 Å². The van der Waals surface area contributed by atoms with Crippen LogP contribution in [0.5, 0.6) is 0 Å². The van der Waals surface area contributed by atoms with Crippen molar-refractivity contribution in [1.29, 1.82) is 0 Å². The Hall–Kier alpha value is -1.03. The lowest BCUT2D eigenvalue weighted by Crippen LogP contribution is -2.51. The number of halogens is 1. The van der Waals surface area contributed by atoms with Crippen molar-refractivity contribution in [3.8, 4) is 0 Å². The first-order valence-corrected chi connectivity index (χ1v) is 7.98. The highest BCUT2D eigenvalue weighted by Crippen LogP contribution is 2.36. The third-order valence-electron chi connectivity index (χ3n) is 4.26. The highest BCUT2D eigenvalue weighted by Gasteiger charge is 2.42. The van der Waals surface area contributed by atoms with Crippen molar-refractivity contribution in [1.82, 2.24) is 0 Å². The summed E-state index contributed by atoms with van der Waals surface area (Å²) < 4.78 is 6.06. The van der Waals surface area contributed by atoms with Crippen molar-refractivity contribution >= 4 is 27.6 Å². The summed E-state index contributed by atoms with van der Waals surface area (Å²) in [5.41, 5.74) is 0.286. The predicted molar refractivity (Wildman–Crippen MR) is 84.8 cm³/mol. The van der Waals surface area contributed by atoms with Crippen molar-refractivity contribution in [2.45, 2.75) is 44.6 Å². The molecule has 0 aliphatic heterocycles. The number of benzene rings is 1. The van der Waals surface area contributed by atoms with Crippen LogP contribution in [0.25, 0.3) is 0 Å². The zero-order valence-corrected chi connectivity index (χ0v) is 13.7. The standard InChI is InChI=1S/C16H22BrNO2/c1-16(15(19)20-2,12-7-4-3-5-8-12)18-14-10-6-9-13(17)11-14/h6,9-12,18H,3-5,7-8H2,1-2H3. The van der Waals surface area contributed by atoms with Crippen LogP contribution in [0.2, 0.25) is 0 Å². The Kier molecular flexibility index (Phi) is 5.08. The molecular formula is C16H22BrNO2. The maximum Gasteiger partial charge on any atom is 0.331 e. The summed E-state index contributed by atoms with van der Waals surface area (Å²) in [5.74, 6) is 0.145. The molecule has 0 spiro atoms. The van der Waals surface area contributed by atoms with Gasteiger partial charge in [-0.05, 0) is 43.9 Å². The predicted octanol–water partition coefficient (Wildman–Crippen LogP) is 4.37. The number of hydrogen-bond acceptors (Lipinski definition) is 3. The van der Waals surface area contributed by atoms with Crippen LogP contribution in [-0.2, 0) is 9.53 Å². The number of esters is 1. The second-order valence-electron chi connectivity index (χ2n) is 5.66. The van der Waals surface area contributed by atoms with Gasteiger partial charge in [-0.3, -0.25) is 0 Å². The molecule has 2 rings (SSSR count). The van der Waals surface area contributed by atoms with E-state index in [1.807, 2.05) is 31.2 Å². The van der Waals surface area contributed by atoms with Crippen LogP contribution < -0.4 is 5.32 Å². The average Bonchev–Trinajstić information content (AvgIpc) is 2.47. The van der Waals surface area contributed by atoms with E-state index in [1.54, 1.807) is 0 Å². The number of carbonyl (C=O) groups is 1. The Bertz CT molecular complexity index is 471. The molecule has 1 aromatic carbocycles. The molecule has 1 N–H and O–H groups in total. The molecule has 20 heavy (non-hydrogen) atoms. The van der Waals surface area contributed by atoms with E-state index in [2.05, 4.69) is 21.2 Å². The third-order valence-corrected chi connectivity index (χ3v) is 4.75. The zero-order chi connectivity index (χ0) is 14.6. The maximum absolute atomic E-state index is 12.3. The van der Waals surface area contributed by atoms with Crippen LogP contribution in [0, 0.1) is 5.92 Å². The molecule has 0 amide bonds. The van der Waals surface area contributed by atoms with E-state index in [4.69, 9.17) is 4.74 Å². The van der Waals surface area contributed by atoms with Gasteiger partial charge in [0.25, 0.3) is 0 Å². The van der Waals surface area contributed by atoms with E-state index in [-0.39, 0.29) is 5.97 Å². The minimum Gasteiger partial charge on any atom is -0.467 e. The molecule has 1 aromatic rings. The highest BCUT2D eigenvalue weighted by molar-refractivity contribution is 9.10. The minimum atomic E-state index is -0.657. The molecule has 4 heteroatoms. The summed E-state index contributed by atoms with van der Waals surface area (Å²) in [4.78, 5) is 12.3. The van der Waals surface area contributed by atoms with Gasteiger partial charge in [0.15, 0.2) is 0 Å². The second kappa shape index (κ2) is 6.61. The van der Waals surface area contributed by atoms with Gasteiger partial charge in [-0.1, -0.05) is 41.3 Å². The van der Waals surface area contributed by atoms with Crippen molar-refractivity contribution < 1.29 is 9.53 Å². The van der Waals surface area contributed by atoms with Crippen LogP contribution in [-0.4, -0.2) is 18.6 Å². The summed E-state index contributed by atoms with van der Waals surface area (Å²) in [7, 11) is 1.46. The molecule has 1 atom stereocenters. The van der Waals surface area contributed by atoms with Crippen LogP contribution in [0.15, 0.2) is 28.7 Å². The number of nitrogens with one attached hydrogen (secondary N) is 1. The summed E-state index contributed by atoms with van der Waals surface area (Å²) in [6.45, 7) is 1.97. The van der Waals surface area contributed by atoms with E-state index in [9.17, 15) is 4.79 Å². The smallest absolute Gasteiger partial charge is 0.331 e. The van der Waals surface area contributed by atoms with Gasteiger partial charge >= 0.3 is 5.97 Å². The summed E-state index contributed by atoms with van der Waals surface area (Å²) in [6, 6.07) is 7.91. The van der Waals surface area contributed by atoms with Gasteiger partial charge in [-0.15, -0.1) is 0 Å². The summed E-state index contributed by atoms with van der Waals surface area (Å²) in [5, 5.41) is 3.41. The first kappa shape index (κ1) is 15.4. The number of anilines is 1. The minimum absolute atomic E-state index is 0.177. The van der Waals surface area contributed by atoms with Crippen molar-refractivity contribution in [2.75, 3.05) is 12.4 Å². The van der Waals surface area contributed by atoms with Gasteiger partial charge in [-0.25, -0.2) is 4.79 Å². The maximum atomic E-state index is 12.3. The molecule has 0 radical (unpaired) electrons. The summed E-state index contributed by atoms with van der Waals surface area (Å²) >= 11 is 3.46. The van der Waals surface area contributed by atoms with E-state index in [0.29, 0.717) is 5.92 Å². The highest BCUT2D eigenvalue weighted by atomic mass is 79.9. The third kappa shape index (κ3) is 3.35. The molecular weight excluding hydrogens is 318 g/mol. The van der Waals surface area contributed by atoms with E-state index in [1.165, 1.54) is 26.4 Å². The van der Waals surface area contributed by atoms with Crippen molar-refractivity contribution in [3.05, 3.63) is 28.7 Å². The molecule has 0 heterocycles. The van der Waals surface area contributed by atoms with E-state index < -0.39 is 5.54 Å². The molecule has 1 unspecified atom stereocenters. The van der Waals surface area contributed by atoms with Gasteiger partial charge in [0.05, 0.1) is 7.11 Å². The van der Waals surface area contributed by atoms with Gasteiger partial charge in [0.2, 0.25) is 0 Å². The number of rotatable bonds is 4. The number of hydrogen-bond donors (Lipinski definition) is 1. The molecule has 1 aliphatic rings. The molecule has 1 saturated carbocycles. The SMILES string of the molecule is COC(=O)C(C)(Nc1cccc(Br)c1)C1CCCCC1. The van der Waals surface area contributed by atoms with Gasteiger partial charge in [0.1, 0.15) is 5.54 Å². The summed E-state index contributed by atoms with van der Waals surface area (Å²) in [6.07, 6.45) is 5.80. The number of carbonyl (C=O) groups excluding carboxylic acids is 1. The quantitative estimate of drug-likeness (QED) is 0.827. The Morgan fingerprint density at radius 3 is 2.65 bits per heavy atom. The fraction of sp³-hybridized carbons (Fsp3) is 0.562. The molecule has 1 aliphatic carbocycles. The normalized spacial score (nSPS) is 19.1. The van der Waals surface area contributed by atoms with Gasteiger partial charge in [-0.2, -0.15) is 0 Å². The van der Waals surface area contributed by atoms with E-state index in [0.717, 1.165) is 23.0 Å².